The Balaban J connectivity index is 3.00. The van der Waals surface area contributed by atoms with Crippen molar-refractivity contribution in [2.45, 2.75) is 19.5 Å². The maximum Gasteiger partial charge on any atom is 0.392 e. The first kappa shape index (κ1) is 8.70. The van der Waals surface area contributed by atoms with Crippen LogP contribution in [0.2, 0.25) is 0 Å². The standard InChI is InChI=1S/C7H8FNO3/c1-7(2,8)4-3-12-5(9-4)6(10)11/h3H,1-2H3,(H,10,11). The molecule has 4 nitrogen and oxygen atoms in total. The van der Waals surface area contributed by atoms with Gasteiger partial charge in [0.1, 0.15) is 17.6 Å². The zero-order valence-electron chi connectivity index (χ0n) is 6.67. The normalized spacial score (nSPS) is 11.6. The number of alkyl halides is 1. The highest BCUT2D eigenvalue weighted by Gasteiger charge is 2.24. The minimum atomic E-state index is -1.67. The van der Waals surface area contributed by atoms with E-state index in [-0.39, 0.29) is 5.69 Å². The van der Waals surface area contributed by atoms with E-state index in [0.29, 0.717) is 0 Å². The zero-order chi connectivity index (χ0) is 9.35. The first-order valence-electron chi connectivity index (χ1n) is 3.29. The quantitative estimate of drug-likeness (QED) is 0.737. The van der Waals surface area contributed by atoms with Crippen molar-refractivity contribution >= 4 is 5.97 Å². The number of carbonyl (C=O) groups is 1. The van der Waals surface area contributed by atoms with Crippen LogP contribution in [0.25, 0.3) is 0 Å². The van der Waals surface area contributed by atoms with Gasteiger partial charge in [-0.3, -0.25) is 0 Å². The van der Waals surface area contributed by atoms with Gasteiger partial charge in [-0.2, -0.15) is 0 Å². The minimum Gasteiger partial charge on any atom is -0.474 e. The van der Waals surface area contributed by atoms with E-state index in [2.05, 4.69) is 9.40 Å². The van der Waals surface area contributed by atoms with Crippen molar-refractivity contribution in [3.05, 3.63) is 17.8 Å². The fourth-order valence-corrected chi connectivity index (χ4v) is 0.645. The second kappa shape index (κ2) is 2.58. The second-order valence-corrected chi connectivity index (χ2v) is 2.82. The molecule has 1 aromatic rings. The van der Waals surface area contributed by atoms with Gasteiger partial charge in [-0.25, -0.2) is 14.2 Å². The number of aromatic nitrogens is 1. The van der Waals surface area contributed by atoms with Gasteiger partial charge in [0.25, 0.3) is 0 Å². The highest BCUT2D eigenvalue weighted by Crippen LogP contribution is 2.23. The number of halogens is 1. The maximum atomic E-state index is 13.1. The number of carboxylic acid groups (broad SMARTS) is 1. The lowest BCUT2D eigenvalue weighted by Gasteiger charge is -2.07. The molecular formula is C7H8FNO3. The van der Waals surface area contributed by atoms with Gasteiger partial charge in [0.05, 0.1) is 0 Å². The number of aromatic carboxylic acids is 1. The smallest absolute Gasteiger partial charge is 0.392 e. The summed E-state index contributed by atoms with van der Waals surface area (Å²) in [6, 6.07) is 0. The predicted molar refractivity (Wildman–Crippen MR) is 37.6 cm³/mol. The molecule has 0 saturated heterocycles. The van der Waals surface area contributed by atoms with Crippen LogP contribution >= 0.6 is 0 Å². The van der Waals surface area contributed by atoms with Crippen molar-refractivity contribution in [1.82, 2.24) is 4.98 Å². The number of oxazole rings is 1. The summed E-state index contributed by atoms with van der Waals surface area (Å²) >= 11 is 0. The van der Waals surface area contributed by atoms with Crippen molar-refractivity contribution in [3.63, 3.8) is 0 Å². The third-order valence-corrected chi connectivity index (χ3v) is 1.30. The summed E-state index contributed by atoms with van der Waals surface area (Å²) in [4.78, 5) is 13.7. The van der Waals surface area contributed by atoms with E-state index in [1.54, 1.807) is 0 Å². The summed E-state index contributed by atoms with van der Waals surface area (Å²) < 4.78 is 17.6. The molecule has 0 amide bonds. The molecule has 0 aliphatic heterocycles. The van der Waals surface area contributed by atoms with Crippen LogP contribution in [0.3, 0.4) is 0 Å². The van der Waals surface area contributed by atoms with Crippen molar-refractivity contribution in [3.8, 4) is 0 Å². The first-order chi connectivity index (χ1) is 5.41. The van der Waals surface area contributed by atoms with Crippen LogP contribution in [0.4, 0.5) is 4.39 Å². The van der Waals surface area contributed by atoms with Crippen LogP contribution in [0.1, 0.15) is 30.2 Å². The molecule has 0 bridgehead atoms. The molecule has 66 valence electrons. The van der Waals surface area contributed by atoms with Crippen molar-refractivity contribution in [2.75, 3.05) is 0 Å². The molecule has 5 heteroatoms. The lowest BCUT2D eigenvalue weighted by atomic mass is 10.1. The van der Waals surface area contributed by atoms with Crippen LogP contribution < -0.4 is 0 Å². The van der Waals surface area contributed by atoms with E-state index >= 15 is 0 Å². The molecule has 1 rings (SSSR count). The molecular weight excluding hydrogens is 165 g/mol. The molecule has 0 unspecified atom stereocenters. The van der Waals surface area contributed by atoms with Gasteiger partial charge in [0.2, 0.25) is 0 Å². The SMILES string of the molecule is CC(C)(F)c1coc(C(=O)O)n1. The molecule has 1 N–H and O–H groups in total. The molecule has 0 saturated carbocycles. The largest absolute Gasteiger partial charge is 0.474 e. The average Bonchev–Trinajstić information content (AvgIpc) is 2.30. The van der Waals surface area contributed by atoms with Gasteiger partial charge < -0.3 is 9.52 Å². The lowest BCUT2D eigenvalue weighted by Crippen LogP contribution is -2.10. The van der Waals surface area contributed by atoms with Gasteiger partial charge in [0, 0.05) is 0 Å². The number of hydrogen-bond acceptors (Lipinski definition) is 3. The Morgan fingerprint density at radius 3 is 2.58 bits per heavy atom. The predicted octanol–water partition coefficient (Wildman–Crippen LogP) is 1.58. The summed E-state index contributed by atoms with van der Waals surface area (Å²) in [7, 11) is 0. The number of carboxylic acids is 1. The minimum absolute atomic E-state index is 0.0140. The van der Waals surface area contributed by atoms with E-state index in [1.165, 1.54) is 13.8 Å². The third-order valence-electron chi connectivity index (χ3n) is 1.30. The van der Waals surface area contributed by atoms with Crippen LogP contribution in [-0.4, -0.2) is 16.1 Å². The van der Waals surface area contributed by atoms with Crippen molar-refractivity contribution in [1.29, 1.82) is 0 Å². The molecule has 0 atom stereocenters. The van der Waals surface area contributed by atoms with E-state index < -0.39 is 17.5 Å². The van der Waals surface area contributed by atoms with E-state index in [9.17, 15) is 9.18 Å². The van der Waals surface area contributed by atoms with Crippen LogP contribution in [0, 0.1) is 0 Å². The zero-order valence-corrected chi connectivity index (χ0v) is 6.67. The Kier molecular flexibility index (Phi) is 1.87. The number of hydrogen-bond donors (Lipinski definition) is 1. The summed E-state index contributed by atoms with van der Waals surface area (Å²) in [6.45, 7) is 2.55. The second-order valence-electron chi connectivity index (χ2n) is 2.82. The number of nitrogens with zero attached hydrogens (tertiary/aromatic N) is 1. The van der Waals surface area contributed by atoms with Crippen LogP contribution in [-0.2, 0) is 5.67 Å². The van der Waals surface area contributed by atoms with Gasteiger partial charge in [-0.05, 0) is 13.8 Å². The molecule has 0 radical (unpaired) electrons. The number of rotatable bonds is 2. The molecule has 0 aromatic carbocycles. The Labute approximate surface area is 68.0 Å². The fourth-order valence-electron chi connectivity index (χ4n) is 0.645. The van der Waals surface area contributed by atoms with Crippen molar-refractivity contribution < 1.29 is 18.7 Å². The van der Waals surface area contributed by atoms with Crippen molar-refractivity contribution in [2.24, 2.45) is 0 Å². The molecule has 12 heavy (non-hydrogen) atoms. The highest BCUT2D eigenvalue weighted by atomic mass is 19.1. The van der Waals surface area contributed by atoms with Crippen LogP contribution in [0.15, 0.2) is 10.7 Å². The monoisotopic (exact) mass is 173 g/mol. The molecule has 0 fully saturated rings. The van der Waals surface area contributed by atoms with Gasteiger partial charge in [-0.1, -0.05) is 0 Å². The topological polar surface area (TPSA) is 63.3 Å². The maximum absolute atomic E-state index is 13.1. The fraction of sp³-hybridized carbons (Fsp3) is 0.429. The Morgan fingerprint density at radius 1 is 1.75 bits per heavy atom. The van der Waals surface area contributed by atoms with E-state index in [0.717, 1.165) is 6.26 Å². The van der Waals surface area contributed by atoms with Gasteiger partial charge >= 0.3 is 11.9 Å². The molecule has 0 spiro atoms. The van der Waals surface area contributed by atoms with Gasteiger partial charge in [-0.15, -0.1) is 0 Å². The first-order valence-corrected chi connectivity index (χ1v) is 3.29. The van der Waals surface area contributed by atoms with E-state index in [1.807, 2.05) is 0 Å². The van der Waals surface area contributed by atoms with Crippen LogP contribution in [0.5, 0.6) is 0 Å². The molecule has 1 aromatic heterocycles. The Bertz CT molecular complexity index is 300. The third kappa shape index (κ3) is 1.61. The van der Waals surface area contributed by atoms with E-state index in [4.69, 9.17) is 5.11 Å². The highest BCUT2D eigenvalue weighted by molar-refractivity contribution is 5.82. The van der Waals surface area contributed by atoms with Gasteiger partial charge in [0.15, 0.2) is 0 Å². The molecule has 0 aliphatic carbocycles. The summed E-state index contributed by atoms with van der Waals surface area (Å²) in [5.41, 5.74) is -1.68. The average molecular weight is 173 g/mol. The Morgan fingerprint density at radius 2 is 2.33 bits per heavy atom. The molecule has 1 heterocycles. The summed E-state index contributed by atoms with van der Waals surface area (Å²) in [5.74, 6) is -1.79. The lowest BCUT2D eigenvalue weighted by molar-refractivity contribution is 0.0653. The summed E-state index contributed by atoms with van der Waals surface area (Å²) in [6.07, 6.45) is 1.00. The molecule has 0 aliphatic rings. The Hall–Kier alpha value is -1.39. The summed E-state index contributed by atoms with van der Waals surface area (Å²) in [5, 5.41) is 8.39.